The number of nitrogens with zero attached hydrogens (tertiary/aromatic N) is 3. The Labute approximate surface area is 111 Å². The fourth-order valence-electron chi connectivity index (χ4n) is 2.18. The van der Waals surface area contributed by atoms with Crippen LogP contribution in [-0.4, -0.2) is 40.6 Å². The van der Waals surface area contributed by atoms with E-state index in [4.69, 9.17) is 0 Å². The zero-order valence-corrected chi connectivity index (χ0v) is 11.6. The Morgan fingerprint density at radius 1 is 1.39 bits per heavy atom. The van der Waals surface area contributed by atoms with Crippen LogP contribution in [0, 0.1) is 5.92 Å². The number of hydrogen-bond donors (Lipinski definition) is 0. The van der Waals surface area contributed by atoms with Gasteiger partial charge in [-0.2, -0.15) is 5.10 Å². The highest BCUT2D eigenvalue weighted by Crippen LogP contribution is 2.32. The van der Waals surface area contributed by atoms with Crippen molar-refractivity contribution >= 4 is 11.8 Å². The Morgan fingerprint density at radius 2 is 2.06 bits per heavy atom. The van der Waals surface area contributed by atoms with E-state index in [0.717, 1.165) is 31.7 Å². The standard InChI is InChI=1S/C12H19F2N3S/c1-16-5-3-9(4-6-16)8-18-10-7-17(2)15-11(10)12(13)14/h7,9,12H,3-6,8H2,1-2H3. The third-order valence-corrected chi connectivity index (χ3v) is 4.61. The van der Waals surface area contributed by atoms with E-state index in [1.165, 1.54) is 16.4 Å². The van der Waals surface area contributed by atoms with Crippen molar-refractivity contribution in [2.45, 2.75) is 24.2 Å². The van der Waals surface area contributed by atoms with Crippen molar-refractivity contribution in [2.75, 3.05) is 25.9 Å². The second-order valence-electron chi connectivity index (χ2n) is 4.91. The molecule has 0 spiro atoms. The van der Waals surface area contributed by atoms with Gasteiger partial charge in [-0.1, -0.05) is 0 Å². The first kappa shape index (κ1) is 13.8. The van der Waals surface area contributed by atoms with E-state index in [2.05, 4.69) is 17.0 Å². The largest absolute Gasteiger partial charge is 0.306 e. The number of likely N-dealkylation sites (tertiary alicyclic amines) is 1. The number of alkyl halides is 2. The molecular formula is C12H19F2N3S. The third-order valence-electron chi connectivity index (χ3n) is 3.34. The van der Waals surface area contributed by atoms with Crippen LogP contribution in [0.5, 0.6) is 0 Å². The van der Waals surface area contributed by atoms with E-state index in [-0.39, 0.29) is 5.69 Å². The van der Waals surface area contributed by atoms with Crippen LogP contribution in [0.4, 0.5) is 8.78 Å². The van der Waals surface area contributed by atoms with Crippen LogP contribution in [-0.2, 0) is 7.05 Å². The topological polar surface area (TPSA) is 21.1 Å². The van der Waals surface area contributed by atoms with Crippen molar-refractivity contribution in [3.63, 3.8) is 0 Å². The van der Waals surface area contributed by atoms with Gasteiger partial charge in [0.1, 0.15) is 5.69 Å². The fourth-order valence-corrected chi connectivity index (χ4v) is 3.44. The van der Waals surface area contributed by atoms with E-state index in [1.54, 1.807) is 13.2 Å². The predicted octanol–water partition coefficient (Wildman–Crippen LogP) is 2.79. The SMILES string of the molecule is CN1CCC(CSc2cn(C)nc2C(F)F)CC1. The van der Waals surface area contributed by atoms with Gasteiger partial charge >= 0.3 is 0 Å². The summed E-state index contributed by atoms with van der Waals surface area (Å²) in [5.41, 5.74) is -0.0737. The first-order chi connectivity index (χ1) is 8.56. The molecule has 0 saturated carbocycles. The van der Waals surface area contributed by atoms with Crippen molar-refractivity contribution in [3.05, 3.63) is 11.9 Å². The maximum atomic E-state index is 12.8. The lowest BCUT2D eigenvalue weighted by Crippen LogP contribution is -2.30. The highest BCUT2D eigenvalue weighted by Gasteiger charge is 2.21. The average Bonchev–Trinajstić information content (AvgIpc) is 2.70. The zero-order valence-electron chi connectivity index (χ0n) is 10.8. The van der Waals surface area contributed by atoms with Crippen LogP contribution < -0.4 is 0 Å². The summed E-state index contributed by atoms with van der Waals surface area (Å²) in [5, 5.41) is 3.82. The van der Waals surface area contributed by atoms with Gasteiger partial charge in [-0.3, -0.25) is 4.68 Å². The average molecular weight is 275 g/mol. The molecule has 18 heavy (non-hydrogen) atoms. The summed E-state index contributed by atoms with van der Waals surface area (Å²) in [6.45, 7) is 2.22. The molecular weight excluding hydrogens is 256 g/mol. The molecule has 1 saturated heterocycles. The molecule has 0 amide bonds. The van der Waals surface area contributed by atoms with Crippen molar-refractivity contribution in [2.24, 2.45) is 13.0 Å². The van der Waals surface area contributed by atoms with Crippen molar-refractivity contribution in [1.29, 1.82) is 0 Å². The predicted molar refractivity (Wildman–Crippen MR) is 69.1 cm³/mol. The Bertz CT molecular complexity index is 387. The lowest BCUT2D eigenvalue weighted by molar-refractivity contribution is 0.142. The van der Waals surface area contributed by atoms with Crippen LogP contribution in [0.1, 0.15) is 25.0 Å². The van der Waals surface area contributed by atoms with E-state index in [9.17, 15) is 8.78 Å². The summed E-state index contributed by atoms with van der Waals surface area (Å²) in [4.78, 5) is 2.95. The Hall–Kier alpha value is -0.620. The number of aryl methyl sites for hydroxylation is 1. The van der Waals surface area contributed by atoms with Gasteiger partial charge in [0.05, 0.1) is 4.90 Å². The molecule has 0 aliphatic carbocycles. The maximum Gasteiger partial charge on any atom is 0.283 e. The molecule has 0 bridgehead atoms. The maximum absolute atomic E-state index is 12.8. The molecule has 6 heteroatoms. The minimum atomic E-state index is -2.48. The lowest BCUT2D eigenvalue weighted by Gasteiger charge is -2.28. The number of thioether (sulfide) groups is 1. The Balaban J connectivity index is 1.90. The normalized spacial score (nSPS) is 18.7. The van der Waals surface area contributed by atoms with Crippen LogP contribution in [0.15, 0.2) is 11.1 Å². The van der Waals surface area contributed by atoms with Crippen LogP contribution in [0.2, 0.25) is 0 Å². The fraction of sp³-hybridized carbons (Fsp3) is 0.750. The van der Waals surface area contributed by atoms with Crippen LogP contribution in [0.25, 0.3) is 0 Å². The molecule has 102 valence electrons. The van der Waals surface area contributed by atoms with Crippen molar-refractivity contribution in [3.8, 4) is 0 Å². The molecule has 3 nitrogen and oxygen atoms in total. The molecule has 1 aromatic rings. The molecule has 2 rings (SSSR count). The molecule has 1 aliphatic rings. The van der Waals surface area contributed by atoms with Gasteiger partial charge < -0.3 is 4.90 Å². The van der Waals surface area contributed by atoms with Gasteiger partial charge in [-0.15, -0.1) is 11.8 Å². The molecule has 1 aliphatic heterocycles. The summed E-state index contributed by atoms with van der Waals surface area (Å²) in [6, 6.07) is 0. The molecule has 2 heterocycles. The summed E-state index contributed by atoms with van der Waals surface area (Å²) < 4.78 is 27.0. The van der Waals surface area contributed by atoms with Gasteiger partial charge in [-0.25, -0.2) is 8.78 Å². The molecule has 0 unspecified atom stereocenters. The molecule has 0 atom stereocenters. The number of rotatable bonds is 4. The van der Waals surface area contributed by atoms with E-state index in [1.807, 2.05) is 0 Å². The first-order valence-corrected chi connectivity index (χ1v) is 7.18. The van der Waals surface area contributed by atoms with Crippen molar-refractivity contribution in [1.82, 2.24) is 14.7 Å². The highest BCUT2D eigenvalue weighted by atomic mass is 32.2. The number of piperidine rings is 1. The second kappa shape index (κ2) is 6.02. The number of hydrogen-bond acceptors (Lipinski definition) is 3. The molecule has 0 N–H and O–H groups in total. The second-order valence-corrected chi connectivity index (χ2v) is 5.97. The molecule has 0 radical (unpaired) electrons. The first-order valence-electron chi connectivity index (χ1n) is 6.19. The molecule has 1 aromatic heterocycles. The van der Waals surface area contributed by atoms with Crippen LogP contribution >= 0.6 is 11.8 Å². The minimum absolute atomic E-state index is 0.0737. The monoisotopic (exact) mass is 275 g/mol. The summed E-state index contributed by atoms with van der Waals surface area (Å²) in [6.07, 6.45) is 1.54. The van der Waals surface area contributed by atoms with Gasteiger partial charge in [-0.05, 0) is 38.9 Å². The quantitative estimate of drug-likeness (QED) is 0.788. The van der Waals surface area contributed by atoms with Gasteiger partial charge in [0, 0.05) is 19.0 Å². The minimum Gasteiger partial charge on any atom is -0.306 e. The van der Waals surface area contributed by atoms with E-state index >= 15 is 0 Å². The van der Waals surface area contributed by atoms with Gasteiger partial charge in [0.25, 0.3) is 6.43 Å². The van der Waals surface area contributed by atoms with E-state index in [0.29, 0.717) is 10.8 Å². The highest BCUT2D eigenvalue weighted by molar-refractivity contribution is 7.99. The Kier molecular flexibility index (Phi) is 4.61. The molecule has 1 fully saturated rings. The number of halogens is 2. The molecule has 0 aromatic carbocycles. The van der Waals surface area contributed by atoms with Crippen LogP contribution in [0.3, 0.4) is 0 Å². The zero-order chi connectivity index (χ0) is 13.1. The summed E-state index contributed by atoms with van der Waals surface area (Å²) in [7, 11) is 3.81. The lowest BCUT2D eigenvalue weighted by atomic mass is 10.00. The number of aromatic nitrogens is 2. The van der Waals surface area contributed by atoms with Crippen molar-refractivity contribution < 1.29 is 8.78 Å². The van der Waals surface area contributed by atoms with Gasteiger partial charge in [0.15, 0.2) is 0 Å². The summed E-state index contributed by atoms with van der Waals surface area (Å²) in [5.74, 6) is 1.55. The van der Waals surface area contributed by atoms with E-state index < -0.39 is 6.43 Å². The smallest absolute Gasteiger partial charge is 0.283 e. The summed E-state index contributed by atoms with van der Waals surface area (Å²) >= 11 is 1.52. The van der Waals surface area contributed by atoms with Gasteiger partial charge in [0.2, 0.25) is 0 Å². The third kappa shape index (κ3) is 3.45. The Morgan fingerprint density at radius 3 is 2.67 bits per heavy atom.